The molecule has 2 fully saturated rings. The lowest BCUT2D eigenvalue weighted by Gasteiger charge is -2.27. The van der Waals surface area contributed by atoms with Crippen molar-refractivity contribution >= 4 is 0 Å². The molecule has 2 atom stereocenters. The van der Waals surface area contributed by atoms with Crippen LogP contribution < -0.4 is 5.32 Å². The second kappa shape index (κ2) is 5.71. The summed E-state index contributed by atoms with van der Waals surface area (Å²) in [6.45, 7) is 5.80. The molecule has 1 saturated carbocycles. The van der Waals surface area contributed by atoms with Crippen molar-refractivity contribution in [3.8, 4) is 0 Å². The number of rotatable bonds is 5. The maximum Gasteiger partial charge on any atom is 0.0687 e. The summed E-state index contributed by atoms with van der Waals surface area (Å²) in [5.74, 6) is 1.52. The maximum absolute atomic E-state index is 6.41. The van der Waals surface area contributed by atoms with E-state index in [-0.39, 0.29) is 0 Å². The predicted octanol–water partition coefficient (Wildman–Crippen LogP) is 3.36. The van der Waals surface area contributed by atoms with Crippen molar-refractivity contribution in [1.82, 2.24) is 5.32 Å². The lowest BCUT2D eigenvalue weighted by molar-refractivity contribution is -0.0461. The highest BCUT2D eigenvalue weighted by molar-refractivity contribution is 4.93. The van der Waals surface area contributed by atoms with Gasteiger partial charge in [0.25, 0.3) is 0 Å². The summed E-state index contributed by atoms with van der Waals surface area (Å²) in [7, 11) is 2.06. The Kier molecular flexibility index (Phi) is 4.48. The van der Waals surface area contributed by atoms with Crippen molar-refractivity contribution in [2.45, 2.75) is 70.5 Å². The van der Waals surface area contributed by atoms with Gasteiger partial charge in [-0.2, -0.15) is 0 Å². The van der Waals surface area contributed by atoms with Crippen LogP contribution in [0.4, 0.5) is 0 Å². The quantitative estimate of drug-likeness (QED) is 0.794. The third kappa shape index (κ3) is 3.23. The fourth-order valence-corrected chi connectivity index (χ4v) is 3.64. The van der Waals surface area contributed by atoms with E-state index >= 15 is 0 Å². The van der Waals surface area contributed by atoms with Gasteiger partial charge in [0.15, 0.2) is 0 Å². The van der Waals surface area contributed by atoms with E-state index in [0.29, 0.717) is 11.7 Å². The first-order valence-corrected chi connectivity index (χ1v) is 7.48. The van der Waals surface area contributed by atoms with Crippen molar-refractivity contribution in [1.29, 1.82) is 0 Å². The molecule has 0 bridgehead atoms. The molecule has 0 aromatic heterocycles. The lowest BCUT2D eigenvalue weighted by Crippen LogP contribution is -2.29. The zero-order valence-electron chi connectivity index (χ0n) is 11.8. The van der Waals surface area contributed by atoms with Gasteiger partial charge in [0.1, 0.15) is 0 Å². The molecule has 1 N–H and O–H groups in total. The molecule has 0 aromatic rings. The molecule has 2 aliphatic rings. The van der Waals surface area contributed by atoms with Crippen molar-refractivity contribution in [2.24, 2.45) is 11.8 Å². The van der Waals surface area contributed by atoms with E-state index in [0.717, 1.165) is 18.4 Å². The molecule has 0 radical (unpaired) electrons. The minimum Gasteiger partial charge on any atom is -0.372 e. The highest BCUT2D eigenvalue weighted by Gasteiger charge is 2.42. The monoisotopic (exact) mass is 239 g/mol. The minimum atomic E-state index is 0.311. The van der Waals surface area contributed by atoms with Crippen LogP contribution in [-0.4, -0.2) is 25.3 Å². The molecule has 1 saturated heterocycles. The first-order valence-electron chi connectivity index (χ1n) is 7.48. The van der Waals surface area contributed by atoms with Crippen LogP contribution in [0.1, 0.15) is 58.8 Å². The van der Waals surface area contributed by atoms with Crippen LogP contribution in [0.3, 0.4) is 0 Å². The SMILES string of the molecule is CNCC(CC1CCC2(CCCC2)O1)C(C)C. The smallest absolute Gasteiger partial charge is 0.0687 e. The molecule has 2 heteroatoms. The Bertz CT molecular complexity index is 233. The highest BCUT2D eigenvalue weighted by atomic mass is 16.5. The molecule has 0 aromatic carbocycles. The van der Waals surface area contributed by atoms with E-state index in [1.807, 2.05) is 0 Å². The van der Waals surface area contributed by atoms with E-state index in [2.05, 4.69) is 26.2 Å². The summed E-state index contributed by atoms with van der Waals surface area (Å²) in [6.07, 6.45) is 9.82. The Morgan fingerprint density at radius 2 is 1.94 bits per heavy atom. The van der Waals surface area contributed by atoms with Gasteiger partial charge >= 0.3 is 0 Å². The van der Waals surface area contributed by atoms with E-state index in [1.54, 1.807) is 0 Å². The number of ether oxygens (including phenoxy) is 1. The molecule has 1 spiro atoms. The highest BCUT2D eigenvalue weighted by Crippen LogP contribution is 2.44. The van der Waals surface area contributed by atoms with E-state index < -0.39 is 0 Å². The van der Waals surface area contributed by atoms with Gasteiger partial charge < -0.3 is 10.1 Å². The Labute approximate surface area is 107 Å². The van der Waals surface area contributed by atoms with Gasteiger partial charge in [-0.3, -0.25) is 0 Å². The summed E-state index contributed by atoms with van der Waals surface area (Å²) >= 11 is 0. The second-order valence-corrected chi connectivity index (χ2v) is 6.47. The largest absolute Gasteiger partial charge is 0.372 e. The molecule has 1 aliphatic carbocycles. The van der Waals surface area contributed by atoms with Gasteiger partial charge in [0.05, 0.1) is 11.7 Å². The van der Waals surface area contributed by atoms with Gasteiger partial charge in [-0.15, -0.1) is 0 Å². The average Bonchev–Trinajstić information content (AvgIpc) is 2.89. The zero-order valence-corrected chi connectivity index (χ0v) is 11.8. The van der Waals surface area contributed by atoms with Gasteiger partial charge in [0, 0.05) is 0 Å². The van der Waals surface area contributed by atoms with Crippen LogP contribution in [0, 0.1) is 11.8 Å². The molecule has 17 heavy (non-hydrogen) atoms. The molecule has 1 aliphatic heterocycles. The fourth-order valence-electron chi connectivity index (χ4n) is 3.64. The van der Waals surface area contributed by atoms with E-state index in [4.69, 9.17) is 4.74 Å². The first kappa shape index (κ1) is 13.4. The topological polar surface area (TPSA) is 21.3 Å². The lowest BCUT2D eigenvalue weighted by atomic mass is 9.89. The third-order valence-electron chi connectivity index (χ3n) is 4.83. The Hall–Kier alpha value is -0.0800. The molecule has 0 amide bonds. The minimum absolute atomic E-state index is 0.311. The first-order chi connectivity index (χ1) is 8.15. The number of hydrogen-bond donors (Lipinski definition) is 1. The van der Waals surface area contributed by atoms with Crippen molar-refractivity contribution in [2.75, 3.05) is 13.6 Å². The standard InChI is InChI=1S/C15H29NO/c1-12(2)13(11-16-3)10-14-6-9-15(17-14)7-4-5-8-15/h12-14,16H,4-11H2,1-3H3. The van der Waals surface area contributed by atoms with Gasteiger partial charge in [-0.1, -0.05) is 26.7 Å². The molecule has 2 unspecified atom stereocenters. The summed E-state index contributed by atoms with van der Waals surface area (Å²) in [4.78, 5) is 0. The van der Waals surface area contributed by atoms with E-state index in [1.165, 1.54) is 44.9 Å². The number of nitrogens with one attached hydrogen (secondary N) is 1. The van der Waals surface area contributed by atoms with Crippen LogP contribution in [0.5, 0.6) is 0 Å². The number of hydrogen-bond acceptors (Lipinski definition) is 2. The average molecular weight is 239 g/mol. The van der Waals surface area contributed by atoms with Crippen LogP contribution in [0.25, 0.3) is 0 Å². The van der Waals surface area contributed by atoms with Crippen LogP contribution in [0.2, 0.25) is 0 Å². The third-order valence-corrected chi connectivity index (χ3v) is 4.83. The van der Waals surface area contributed by atoms with Crippen molar-refractivity contribution < 1.29 is 4.74 Å². The van der Waals surface area contributed by atoms with Crippen molar-refractivity contribution in [3.63, 3.8) is 0 Å². The zero-order chi connectivity index (χ0) is 12.3. The molecule has 2 nitrogen and oxygen atoms in total. The Balaban J connectivity index is 1.83. The normalized spacial score (nSPS) is 29.3. The maximum atomic E-state index is 6.41. The van der Waals surface area contributed by atoms with Crippen LogP contribution in [-0.2, 0) is 4.74 Å². The van der Waals surface area contributed by atoms with Crippen molar-refractivity contribution in [3.05, 3.63) is 0 Å². The fraction of sp³-hybridized carbons (Fsp3) is 1.00. The Morgan fingerprint density at radius 3 is 2.53 bits per heavy atom. The molecular weight excluding hydrogens is 210 g/mol. The molecule has 2 rings (SSSR count). The Morgan fingerprint density at radius 1 is 1.24 bits per heavy atom. The second-order valence-electron chi connectivity index (χ2n) is 6.47. The van der Waals surface area contributed by atoms with Gasteiger partial charge in [-0.05, 0) is 57.5 Å². The molecular formula is C15H29NO. The summed E-state index contributed by atoms with van der Waals surface area (Å²) in [5, 5.41) is 3.33. The van der Waals surface area contributed by atoms with Gasteiger partial charge in [0.2, 0.25) is 0 Å². The summed E-state index contributed by atoms with van der Waals surface area (Å²) < 4.78 is 6.41. The summed E-state index contributed by atoms with van der Waals surface area (Å²) in [6, 6.07) is 0. The van der Waals surface area contributed by atoms with Crippen LogP contribution in [0.15, 0.2) is 0 Å². The predicted molar refractivity (Wildman–Crippen MR) is 72.2 cm³/mol. The molecule has 1 heterocycles. The van der Waals surface area contributed by atoms with Crippen LogP contribution >= 0.6 is 0 Å². The molecule has 100 valence electrons. The summed E-state index contributed by atoms with van der Waals surface area (Å²) in [5.41, 5.74) is 0.311. The van der Waals surface area contributed by atoms with Gasteiger partial charge in [-0.25, -0.2) is 0 Å². The van der Waals surface area contributed by atoms with E-state index in [9.17, 15) is 0 Å².